The molecular weight excluding hydrogens is 737 g/mol. The summed E-state index contributed by atoms with van der Waals surface area (Å²) in [4.78, 5) is 72.4. The Kier molecular flexibility index (Phi) is 10.6. The lowest BCUT2D eigenvalue weighted by molar-refractivity contribution is -0.136. The summed E-state index contributed by atoms with van der Waals surface area (Å²) in [6.45, 7) is 9.39. The van der Waals surface area contributed by atoms with Crippen molar-refractivity contribution in [3.8, 4) is 6.07 Å². The number of ketones is 1. The van der Waals surface area contributed by atoms with Crippen LogP contribution in [0.1, 0.15) is 131 Å². The van der Waals surface area contributed by atoms with Gasteiger partial charge < -0.3 is 15.2 Å². The van der Waals surface area contributed by atoms with Crippen LogP contribution in [-0.4, -0.2) is 76.8 Å². The fraction of sp³-hybridized carbons (Fsp3) is 0.422. The van der Waals surface area contributed by atoms with Crippen molar-refractivity contribution in [2.45, 2.75) is 101 Å². The average Bonchev–Trinajstić information content (AvgIpc) is 3.73. The molecular formula is C45H48N6O5S. The van der Waals surface area contributed by atoms with Crippen molar-refractivity contribution in [1.82, 2.24) is 20.5 Å². The van der Waals surface area contributed by atoms with E-state index in [-0.39, 0.29) is 24.5 Å². The summed E-state index contributed by atoms with van der Waals surface area (Å²) in [7, 11) is 0. The Morgan fingerprint density at radius 1 is 0.912 bits per heavy atom. The Morgan fingerprint density at radius 3 is 2.46 bits per heavy atom. The van der Waals surface area contributed by atoms with Gasteiger partial charge in [0, 0.05) is 63.7 Å². The van der Waals surface area contributed by atoms with Crippen LogP contribution < -0.4 is 15.5 Å². The molecule has 0 saturated carbocycles. The highest BCUT2D eigenvalue weighted by molar-refractivity contribution is 7.99. The van der Waals surface area contributed by atoms with Crippen LogP contribution in [0.15, 0.2) is 53.4 Å². The van der Waals surface area contributed by atoms with E-state index in [1.807, 2.05) is 18.2 Å². The number of unbranched alkanes of at least 4 members (excludes halogenated alkanes) is 3. The molecule has 4 aliphatic rings. The van der Waals surface area contributed by atoms with Crippen LogP contribution in [-0.2, 0) is 21.4 Å². The Balaban J connectivity index is 0.803. The van der Waals surface area contributed by atoms with Crippen LogP contribution in [0.3, 0.4) is 0 Å². The molecule has 4 amide bonds. The summed E-state index contributed by atoms with van der Waals surface area (Å²) in [5.41, 5.74) is 7.55. The molecule has 0 bridgehead atoms. The van der Waals surface area contributed by atoms with Gasteiger partial charge in [0.15, 0.2) is 5.78 Å². The molecule has 294 valence electrons. The fourth-order valence-corrected chi connectivity index (χ4v) is 10.2. The topological polar surface area (TPSA) is 155 Å². The van der Waals surface area contributed by atoms with Gasteiger partial charge in [0.25, 0.3) is 11.8 Å². The normalized spacial score (nSPS) is 19.1. The van der Waals surface area contributed by atoms with Crippen LogP contribution in [0.25, 0.3) is 10.9 Å². The van der Waals surface area contributed by atoms with Crippen molar-refractivity contribution in [3.63, 3.8) is 0 Å². The first-order valence-electron chi connectivity index (χ1n) is 20.3. The zero-order valence-electron chi connectivity index (χ0n) is 32.8. The minimum Gasteiger partial charge on any atom is -0.371 e. The summed E-state index contributed by atoms with van der Waals surface area (Å²) in [6.07, 6.45) is 7.42. The molecule has 1 atom stereocenters. The third-order valence-corrected chi connectivity index (χ3v) is 13.5. The molecule has 3 aliphatic heterocycles. The second kappa shape index (κ2) is 15.6. The van der Waals surface area contributed by atoms with Gasteiger partial charge in [0.05, 0.1) is 28.3 Å². The van der Waals surface area contributed by atoms with Gasteiger partial charge in [-0.1, -0.05) is 45.7 Å². The standard InChI is InChI=1S/C45H48N6O5S/c1-4-27-23-31-32(45(2,3)41-39(40(31)53)29-13-12-26(25-46)22-33(29)48-41)24-35(27)50-19-16-28(17-20-50)47-18-7-5-6-8-21-57-36-11-9-10-30-38(36)44(56)51(43(30)55)34-14-15-37(52)49-42(34)54/h9-13,22-24,28,34,47-48H,4-8,14-21H2,1-3H3,(H,49,52,54). The number of aryl methyl sites for hydroxylation is 1. The van der Waals surface area contributed by atoms with E-state index in [0.717, 1.165) is 113 Å². The van der Waals surface area contributed by atoms with Gasteiger partial charge in [-0.15, -0.1) is 11.8 Å². The molecule has 1 unspecified atom stereocenters. The van der Waals surface area contributed by atoms with Gasteiger partial charge in [-0.2, -0.15) is 5.26 Å². The summed E-state index contributed by atoms with van der Waals surface area (Å²) < 4.78 is 0. The molecule has 0 radical (unpaired) electrons. The van der Waals surface area contributed by atoms with Crippen LogP contribution >= 0.6 is 11.8 Å². The average molecular weight is 785 g/mol. The first-order valence-corrected chi connectivity index (χ1v) is 21.2. The van der Waals surface area contributed by atoms with Gasteiger partial charge in [0.1, 0.15) is 6.04 Å². The molecule has 3 N–H and O–H groups in total. The van der Waals surface area contributed by atoms with E-state index in [4.69, 9.17) is 0 Å². The van der Waals surface area contributed by atoms with E-state index >= 15 is 0 Å². The molecule has 12 heteroatoms. The molecule has 2 saturated heterocycles. The van der Waals surface area contributed by atoms with Gasteiger partial charge in [-0.3, -0.25) is 34.2 Å². The Morgan fingerprint density at radius 2 is 1.70 bits per heavy atom. The maximum Gasteiger partial charge on any atom is 0.263 e. The largest absolute Gasteiger partial charge is 0.371 e. The Labute approximate surface area is 336 Å². The van der Waals surface area contributed by atoms with Crippen molar-refractivity contribution in [2.24, 2.45) is 0 Å². The first-order chi connectivity index (χ1) is 27.5. The Bertz CT molecular complexity index is 2370. The lowest BCUT2D eigenvalue weighted by Crippen LogP contribution is -2.54. The van der Waals surface area contributed by atoms with Crippen molar-refractivity contribution in [3.05, 3.63) is 93.2 Å². The molecule has 8 rings (SSSR count). The molecule has 57 heavy (non-hydrogen) atoms. The summed E-state index contributed by atoms with van der Waals surface area (Å²) >= 11 is 1.57. The molecule has 1 aromatic heterocycles. The number of aromatic nitrogens is 1. The highest BCUT2D eigenvalue weighted by Gasteiger charge is 2.46. The van der Waals surface area contributed by atoms with Crippen LogP contribution in [0.4, 0.5) is 5.69 Å². The number of carbonyl (C=O) groups excluding carboxylic acids is 5. The molecule has 4 aromatic rings. The van der Waals surface area contributed by atoms with Crippen LogP contribution in [0.2, 0.25) is 0 Å². The number of imide groups is 2. The number of nitrogens with zero attached hydrogens (tertiary/aromatic N) is 3. The quantitative estimate of drug-likeness (QED) is 0.0801. The second-order valence-corrected chi connectivity index (χ2v) is 17.3. The van der Waals surface area contributed by atoms with E-state index in [2.05, 4.69) is 59.5 Å². The SMILES string of the molecule is CCc1cc2c(cc1N1CCC(NCCCCCCSc3cccc4c3C(=O)N(C3CCC(=O)NC3=O)C4=O)CC1)C(C)(C)c1[nH]c3cc(C#N)ccc3c1C2=O. The summed E-state index contributed by atoms with van der Waals surface area (Å²) in [6, 6.07) is 16.9. The van der Waals surface area contributed by atoms with E-state index in [9.17, 15) is 29.2 Å². The minimum absolute atomic E-state index is 0.0480. The minimum atomic E-state index is -0.962. The molecule has 1 aliphatic carbocycles. The van der Waals surface area contributed by atoms with E-state index in [0.29, 0.717) is 22.7 Å². The predicted molar refractivity (Wildman–Crippen MR) is 220 cm³/mol. The number of rotatable bonds is 12. The lowest BCUT2D eigenvalue weighted by atomic mass is 9.70. The second-order valence-electron chi connectivity index (χ2n) is 16.2. The van der Waals surface area contributed by atoms with E-state index in [1.54, 1.807) is 30.0 Å². The smallest absolute Gasteiger partial charge is 0.263 e. The summed E-state index contributed by atoms with van der Waals surface area (Å²) in [5.74, 6) is -1.05. The van der Waals surface area contributed by atoms with Crippen molar-refractivity contribution in [1.29, 1.82) is 5.26 Å². The predicted octanol–water partition coefficient (Wildman–Crippen LogP) is 6.78. The van der Waals surface area contributed by atoms with E-state index < -0.39 is 29.2 Å². The number of nitriles is 1. The third-order valence-electron chi connectivity index (χ3n) is 12.3. The number of amides is 4. The molecule has 2 fully saturated rings. The zero-order chi connectivity index (χ0) is 40.0. The highest BCUT2D eigenvalue weighted by atomic mass is 32.2. The van der Waals surface area contributed by atoms with Crippen LogP contribution in [0.5, 0.6) is 0 Å². The van der Waals surface area contributed by atoms with E-state index in [1.165, 1.54) is 11.3 Å². The number of thioether (sulfide) groups is 1. The number of hydrogen-bond donors (Lipinski definition) is 3. The number of fused-ring (bicyclic) bond motifs is 5. The number of carbonyl (C=O) groups is 5. The number of piperidine rings is 2. The maximum atomic E-state index is 14.1. The summed E-state index contributed by atoms with van der Waals surface area (Å²) in [5, 5.41) is 16.4. The first kappa shape index (κ1) is 38.6. The number of hydrogen-bond acceptors (Lipinski definition) is 9. The molecule has 11 nitrogen and oxygen atoms in total. The Hall–Kier alpha value is -5.25. The molecule has 4 heterocycles. The van der Waals surface area contributed by atoms with Gasteiger partial charge >= 0.3 is 0 Å². The van der Waals surface area contributed by atoms with Crippen molar-refractivity contribution < 1.29 is 24.0 Å². The highest BCUT2D eigenvalue weighted by Crippen LogP contribution is 2.46. The van der Waals surface area contributed by atoms with Crippen LogP contribution in [0, 0.1) is 11.3 Å². The fourth-order valence-electron chi connectivity index (χ4n) is 9.15. The molecule has 3 aromatic carbocycles. The van der Waals surface area contributed by atoms with Gasteiger partial charge in [0.2, 0.25) is 11.8 Å². The zero-order valence-corrected chi connectivity index (χ0v) is 33.6. The number of nitrogens with one attached hydrogen (secondary N) is 3. The van der Waals surface area contributed by atoms with Crippen molar-refractivity contribution in [2.75, 3.05) is 30.3 Å². The van der Waals surface area contributed by atoms with Crippen molar-refractivity contribution >= 4 is 57.8 Å². The maximum absolute atomic E-state index is 14.1. The number of H-pyrrole nitrogens is 1. The third kappa shape index (κ3) is 6.95. The number of anilines is 1. The van der Waals surface area contributed by atoms with Gasteiger partial charge in [-0.25, -0.2) is 0 Å². The number of benzene rings is 3. The van der Waals surface area contributed by atoms with Gasteiger partial charge in [-0.05, 0) is 98.3 Å². The number of aromatic amines is 1. The monoisotopic (exact) mass is 784 g/mol. The molecule has 0 spiro atoms. The lowest BCUT2D eigenvalue weighted by Gasteiger charge is -2.38.